The number of nitrogens with zero attached hydrogens (tertiary/aromatic N) is 1. The molecule has 1 fully saturated rings. The first-order valence-corrected chi connectivity index (χ1v) is 11.6. The van der Waals surface area contributed by atoms with Crippen LogP contribution in [0.15, 0.2) is 30.5 Å². The van der Waals surface area contributed by atoms with Crippen LogP contribution in [0.4, 0.5) is 4.39 Å². The zero-order valence-electron chi connectivity index (χ0n) is 20.1. The maximum absolute atomic E-state index is 13.7. The van der Waals surface area contributed by atoms with Crippen molar-refractivity contribution in [2.75, 3.05) is 13.7 Å². The van der Waals surface area contributed by atoms with Gasteiger partial charge in [-0.1, -0.05) is 18.9 Å². The second-order valence-electron chi connectivity index (χ2n) is 9.29. The number of amides is 1. The monoisotopic (exact) mass is 472 g/mol. The van der Waals surface area contributed by atoms with Crippen LogP contribution in [-0.2, 0) is 9.53 Å². The number of ether oxygens (including phenoxy) is 2. The van der Waals surface area contributed by atoms with Gasteiger partial charge in [0, 0.05) is 18.2 Å². The number of aldehydes is 1. The molecule has 2 N–H and O–H groups in total. The van der Waals surface area contributed by atoms with E-state index < -0.39 is 17.2 Å². The van der Waals surface area contributed by atoms with Gasteiger partial charge in [-0.2, -0.15) is 0 Å². The molecule has 0 saturated heterocycles. The quantitative estimate of drug-likeness (QED) is 0.500. The highest BCUT2D eigenvalue weighted by atomic mass is 19.1. The van der Waals surface area contributed by atoms with Crippen LogP contribution >= 0.6 is 0 Å². The first-order valence-electron chi connectivity index (χ1n) is 11.6. The highest BCUT2D eigenvalue weighted by Gasteiger charge is 2.35. The van der Waals surface area contributed by atoms with Gasteiger partial charge >= 0.3 is 0 Å². The minimum Gasteiger partial charge on any atom is -0.503 e. The number of hydrogen-bond donors (Lipinski definition) is 2. The Bertz CT molecular complexity index is 1020. The first-order chi connectivity index (χ1) is 16.2. The SMILES string of the molecule is COc1ccnc(C(=O)N[C@](C)(C=O)CO[C@@H](C)[C@H](c2ccc(F)cc2C)C2CCCC2)c1O. The third-order valence-electron chi connectivity index (χ3n) is 6.63. The normalized spacial score (nSPS) is 17.6. The van der Waals surface area contributed by atoms with Crippen LogP contribution in [0.2, 0.25) is 0 Å². The molecule has 3 rings (SSSR count). The number of carbonyl (C=O) groups is 2. The number of methoxy groups -OCH3 is 1. The molecule has 0 spiro atoms. The van der Waals surface area contributed by atoms with Gasteiger partial charge in [-0.15, -0.1) is 0 Å². The van der Waals surface area contributed by atoms with Gasteiger partial charge in [0.25, 0.3) is 5.91 Å². The van der Waals surface area contributed by atoms with E-state index in [0.29, 0.717) is 12.2 Å². The van der Waals surface area contributed by atoms with Crippen molar-refractivity contribution in [1.29, 1.82) is 0 Å². The fraction of sp³-hybridized carbons (Fsp3) is 0.500. The van der Waals surface area contributed by atoms with Crippen molar-refractivity contribution in [2.24, 2.45) is 5.92 Å². The summed E-state index contributed by atoms with van der Waals surface area (Å²) >= 11 is 0. The van der Waals surface area contributed by atoms with Crippen LogP contribution in [-0.4, -0.2) is 47.6 Å². The Morgan fingerprint density at radius 3 is 2.68 bits per heavy atom. The second-order valence-corrected chi connectivity index (χ2v) is 9.29. The third-order valence-corrected chi connectivity index (χ3v) is 6.63. The second kappa shape index (κ2) is 11.0. The molecule has 0 bridgehead atoms. The van der Waals surface area contributed by atoms with Crippen molar-refractivity contribution in [2.45, 2.75) is 64.0 Å². The lowest BCUT2D eigenvalue weighted by molar-refractivity contribution is -0.116. The lowest BCUT2D eigenvalue weighted by Crippen LogP contribution is -2.52. The molecule has 1 saturated carbocycles. The summed E-state index contributed by atoms with van der Waals surface area (Å²) < 4.78 is 24.9. The molecule has 1 heterocycles. The van der Waals surface area contributed by atoms with E-state index in [1.54, 1.807) is 6.92 Å². The fourth-order valence-electron chi connectivity index (χ4n) is 4.81. The smallest absolute Gasteiger partial charge is 0.274 e. The van der Waals surface area contributed by atoms with Gasteiger partial charge in [-0.25, -0.2) is 9.37 Å². The van der Waals surface area contributed by atoms with Crippen LogP contribution in [0.5, 0.6) is 11.5 Å². The summed E-state index contributed by atoms with van der Waals surface area (Å²) in [5, 5.41) is 12.8. The number of carbonyl (C=O) groups excluding carboxylic acids is 2. The molecule has 0 aliphatic heterocycles. The van der Waals surface area contributed by atoms with Gasteiger partial charge in [0.2, 0.25) is 0 Å². The number of aryl methyl sites for hydroxylation is 1. The van der Waals surface area contributed by atoms with Gasteiger partial charge in [0.05, 0.1) is 19.8 Å². The summed E-state index contributed by atoms with van der Waals surface area (Å²) in [6.07, 6.45) is 6.10. The topological polar surface area (TPSA) is 97.8 Å². The van der Waals surface area contributed by atoms with Crippen molar-refractivity contribution in [3.05, 3.63) is 53.1 Å². The van der Waals surface area contributed by atoms with Crippen molar-refractivity contribution < 1.29 is 28.6 Å². The zero-order chi connectivity index (χ0) is 24.9. The Balaban J connectivity index is 1.75. The maximum atomic E-state index is 13.7. The molecule has 34 heavy (non-hydrogen) atoms. The predicted octanol–water partition coefficient (Wildman–Crippen LogP) is 4.31. The molecule has 2 aromatic rings. The van der Waals surface area contributed by atoms with E-state index in [9.17, 15) is 19.1 Å². The molecule has 184 valence electrons. The number of halogens is 1. The average Bonchev–Trinajstić information content (AvgIpc) is 3.34. The number of nitrogens with one attached hydrogen (secondary N) is 1. The van der Waals surface area contributed by atoms with Gasteiger partial charge in [0.15, 0.2) is 17.2 Å². The van der Waals surface area contributed by atoms with E-state index in [1.165, 1.54) is 31.5 Å². The predicted molar refractivity (Wildman–Crippen MR) is 126 cm³/mol. The highest BCUT2D eigenvalue weighted by Crippen LogP contribution is 2.41. The zero-order valence-corrected chi connectivity index (χ0v) is 20.1. The fourth-order valence-corrected chi connectivity index (χ4v) is 4.81. The Morgan fingerprint density at radius 1 is 1.35 bits per heavy atom. The van der Waals surface area contributed by atoms with E-state index >= 15 is 0 Å². The van der Waals surface area contributed by atoms with E-state index in [2.05, 4.69) is 10.3 Å². The summed E-state index contributed by atoms with van der Waals surface area (Å²) in [6.45, 7) is 5.33. The molecule has 1 aliphatic carbocycles. The Kier molecular flexibility index (Phi) is 8.25. The average molecular weight is 473 g/mol. The summed E-state index contributed by atoms with van der Waals surface area (Å²) in [5.74, 6) is -0.854. The van der Waals surface area contributed by atoms with Crippen molar-refractivity contribution in [1.82, 2.24) is 10.3 Å². The number of pyridine rings is 1. The van der Waals surface area contributed by atoms with E-state index in [4.69, 9.17) is 9.47 Å². The molecular weight excluding hydrogens is 439 g/mol. The molecule has 1 aliphatic rings. The summed E-state index contributed by atoms with van der Waals surface area (Å²) in [7, 11) is 1.37. The largest absolute Gasteiger partial charge is 0.503 e. The van der Waals surface area contributed by atoms with Gasteiger partial charge in [-0.05, 0) is 62.8 Å². The van der Waals surface area contributed by atoms with Crippen LogP contribution < -0.4 is 10.1 Å². The van der Waals surface area contributed by atoms with Crippen molar-refractivity contribution in [3.63, 3.8) is 0 Å². The number of benzene rings is 1. The van der Waals surface area contributed by atoms with Gasteiger partial charge < -0.3 is 24.7 Å². The Morgan fingerprint density at radius 2 is 2.06 bits per heavy atom. The molecular formula is C26H33FN2O5. The standard InChI is InChI=1S/C26H33FN2O5/c1-16-13-19(27)9-10-20(16)22(18-7-5-6-8-18)17(2)34-15-26(3,14-30)29-25(32)23-24(31)21(33-4)11-12-28-23/h9-14,17-18,22,31H,5-8,15H2,1-4H3,(H,29,32)/t17-,22-,26+/m0/s1. The van der Waals surface area contributed by atoms with Crippen LogP contribution in [0.1, 0.15) is 67.1 Å². The summed E-state index contributed by atoms with van der Waals surface area (Å²) in [6, 6.07) is 6.26. The number of rotatable bonds is 10. The van der Waals surface area contributed by atoms with Crippen molar-refractivity contribution >= 4 is 12.2 Å². The minimum atomic E-state index is -1.35. The van der Waals surface area contributed by atoms with Crippen molar-refractivity contribution in [3.8, 4) is 11.5 Å². The lowest BCUT2D eigenvalue weighted by Gasteiger charge is -2.33. The minimum absolute atomic E-state index is 0.0406. The van der Waals surface area contributed by atoms with E-state index in [-0.39, 0.29) is 35.9 Å². The van der Waals surface area contributed by atoms with E-state index in [1.807, 2.05) is 19.9 Å². The van der Waals surface area contributed by atoms with Crippen LogP contribution in [0.3, 0.4) is 0 Å². The third kappa shape index (κ3) is 5.73. The summed E-state index contributed by atoms with van der Waals surface area (Å²) in [5.41, 5.74) is 0.327. The Hall–Kier alpha value is -3.00. The molecule has 0 unspecified atom stereocenters. The Labute approximate surface area is 199 Å². The molecule has 3 atom stereocenters. The molecule has 0 radical (unpaired) electrons. The molecule has 8 heteroatoms. The number of aromatic hydroxyl groups is 1. The molecule has 1 amide bonds. The molecule has 1 aromatic heterocycles. The first kappa shape index (κ1) is 25.6. The lowest BCUT2D eigenvalue weighted by atomic mass is 9.79. The van der Waals surface area contributed by atoms with Crippen LogP contribution in [0.25, 0.3) is 0 Å². The van der Waals surface area contributed by atoms with E-state index in [0.717, 1.165) is 36.8 Å². The highest BCUT2D eigenvalue weighted by molar-refractivity contribution is 5.97. The summed E-state index contributed by atoms with van der Waals surface area (Å²) in [4.78, 5) is 28.6. The molecule has 7 nitrogen and oxygen atoms in total. The van der Waals surface area contributed by atoms with Gasteiger partial charge in [0.1, 0.15) is 17.6 Å². The van der Waals surface area contributed by atoms with Crippen LogP contribution in [0, 0.1) is 18.7 Å². The van der Waals surface area contributed by atoms with Gasteiger partial charge in [-0.3, -0.25) is 4.79 Å². The maximum Gasteiger partial charge on any atom is 0.274 e. The number of hydrogen-bond acceptors (Lipinski definition) is 6. The molecule has 1 aromatic carbocycles. The number of aromatic nitrogens is 1.